The Kier molecular flexibility index (Phi) is 3.64. The minimum atomic E-state index is -0.491. The number of pyridine rings is 1. The normalized spacial score (nSPS) is 10.1. The third kappa shape index (κ3) is 2.88. The lowest BCUT2D eigenvalue weighted by atomic mass is 10.1. The van der Waals surface area contributed by atoms with Gasteiger partial charge in [-0.3, -0.25) is 0 Å². The molecule has 1 aromatic heterocycles. The molecule has 0 N–H and O–H groups in total. The number of aromatic nitrogens is 1. The Bertz CT molecular complexity index is 394. The third-order valence-electron chi connectivity index (χ3n) is 1.67. The van der Waals surface area contributed by atoms with Gasteiger partial charge in [-0.25, -0.2) is 4.98 Å². The summed E-state index contributed by atoms with van der Waals surface area (Å²) in [4.78, 5) is 6.12. The van der Waals surface area contributed by atoms with Crippen molar-refractivity contribution in [1.29, 1.82) is 0 Å². The summed E-state index contributed by atoms with van der Waals surface area (Å²) in [5.41, 5.74) is 9.64. The van der Waals surface area contributed by atoms with E-state index in [4.69, 9.17) is 5.53 Å². The van der Waals surface area contributed by atoms with Gasteiger partial charge in [0.2, 0.25) is 5.95 Å². The molecule has 0 saturated carbocycles. The van der Waals surface area contributed by atoms with Crippen LogP contribution in [0.25, 0.3) is 16.5 Å². The van der Waals surface area contributed by atoms with E-state index < -0.39 is 5.95 Å². The Hall–Kier alpha value is -1.87. The number of nitrogens with zero attached hydrogens (tertiary/aromatic N) is 4. The molecule has 0 fully saturated rings. The first-order valence-corrected chi connectivity index (χ1v) is 4.03. The van der Waals surface area contributed by atoms with Crippen molar-refractivity contribution in [3.63, 3.8) is 0 Å². The first kappa shape index (κ1) is 10.2. The van der Waals surface area contributed by atoms with Crippen LogP contribution in [-0.4, -0.2) is 11.5 Å². The van der Waals surface area contributed by atoms with Crippen LogP contribution in [0.3, 0.4) is 0 Å². The van der Waals surface area contributed by atoms with E-state index in [1.54, 1.807) is 19.1 Å². The van der Waals surface area contributed by atoms with Crippen molar-refractivity contribution in [1.82, 2.24) is 4.98 Å². The van der Waals surface area contributed by atoms with Gasteiger partial charge in [-0.15, -0.1) is 0 Å². The second-order valence-corrected chi connectivity index (χ2v) is 2.68. The Morgan fingerprint density at radius 2 is 2.50 bits per heavy atom. The first-order valence-electron chi connectivity index (χ1n) is 4.03. The number of rotatable bonds is 3. The van der Waals surface area contributed by atoms with Gasteiger partial charge in [-0.2, -0.15) is 4.39 Å². The van der Waals surface area contributed by atoms with Gasteiger partial charge in [0.1, 0.15) is 0 Å². The summed E-state index contributed by atoms with van der Waals surface area (Å²) in [6, 6.07) is 1.35. The quantitative estimate of drug-likeness (QED) is 0.314. The van der Waals surface area contributed by atoms with Crippen molar-refractivity contribution >= 4 is 6.08 Å². The average Bonchev–Trinajstić information content (AvgIpc) is 2.15. The second kappa shape index (κ2) is 4.99. The molecule has 0 bridgehead atoms. The zero-order valence-electron chi connectivity index (χ0n) is 7.68. The van der Waals surface area contributed by atoms with E-state index >= 15 is 0 Å². The van der Waals surface area contributed by atoms with Crippen molar-refractivity contribution < 1.29 is 4.39 Å². The van der Waals surface area contributed by atoms with Gasteiger partial charge in [-0.1, -0.05) is 17.3 Å². The van der Waals surface area contributed by atoms with Crippen LogP contribution in [0, 0.1) is 12.9 Å². The van der Waals surface area contributed by atoms with Gasteiger partial charge in [-0.05, 0) is 29.6 Å². The maximum Gasteiger partial charge on any atom is 0.213 e. The van der Waals surface area contributed by atoms with Crippen LogP contribution in [0.5, 0.6) is 0 Å². The fourth-order valence-electron chi connectivity index (χ4n) is 0.970. The molecule has 0 aliphatic carbocycles. The molecule has 4 nitrogen and oxygen atoms in total. The molecule has 72 valence electrons. The van der Waals surface area contributed by atoms with Gasteiger partial charge in [0, 0.05) is 17.7 Å². The van der Waals surface area contributed by atoms with E-state index in [9.17, 15) is 4.39 Å². The molecule has 0 radical (unpaired) electrons. The van der Waals surface area contributed by atoms with Crippen LogP contribution in [0.1, 0.15) is 11.1 Å². The largest absolute Gasteiger partial charge is 0.228 e. The van der Waals surface area contributed by atoms with Crippen molar-refractivity contribution in [3.05, 3.63) is 45.9 Å². The van der Waals surface area contributed by atoms with Crippen molar-refractivity contribution in [2.24, 2.45) is 5.11 Å². The fourth-order valence-corrected chi connectivity index (χ4v) is 0.970. The molecule has 0 spiro atoms. The van der Waals surface area contributed by atoms with Crippen LogP contribution < -0.4 is 0 Å². The summed E-state index contributed by atoms with van der Waals surface area (Å²) in [7, 11) is 0. The van der Waals surface area contributed by atoms with Gasteiger partial charge in [0.25, 0.3) is 0 Å². The Balaban J connectivity index is 2.76. The van der Waals surface area contributed by atoms with E-state index in [1.165, 1.54) is 12.3 Å². The standard InChI is InChI=1S/C9H9FN4/c1-7-5-9(10)12-6-8(7)3-2-4-13-14-11/h2-3,5-6H,4H2,1H3. The van der Waals surface area contributed by atoms with Gasteiger partial charge in [0.05, 0.1) is 0 Å². The molecule has 5 heteroatoms. The van der Waals surface area contributed by atoms with Crippen LogP contribution >= 0.6 is 0 Å². The van der Waals surface area contributed by atoms with Crippen molar-refractivity contribution in [2.75, 3.05) is 6.54 Å². The SMILES string of the molecule is Cc1cc(F)ncc1C=CCN=[N+]=[N-]. The molecule has 1 rings (SSSR count). The zero-order chi connectivity index (χ0) is 10.4. The summed E-state index contributed by atoms with van der Waals surface area (Å²) in [5.74, 6) is -0.491. The van der Waals surface area contributed by atoms with E-state index in [2.05, 4.69) is 15.0 Å². The Morgan fingerprint density at radius 3 is 3.14 bits per heavy atom. The van der Waals surface area contributed by atoms with Crippen molar-refractivity contribution in [2.45, 2.75) is 6.92 Å². The lowest BCUT2D eigenvalue weighted by Gasteiger charge is -1.97. The van der Waals surface area contributed by atoms with Gasteiger partial charge in [0.15, 0.2) is 0 Å². The molecule has 14 heavy (non-hydrogen) atoms. The zero-order valence-corrected chi connectivity index (χ0v) is 7.68. The molecule has 0 amide bonds. The van der Waals surface area contributed by atoms with Gasteiger partial charge >= 0.3 is 0 Å². The number of hydrogen-bond donors (Lipinski definition) is 0. The lowest BCUT2D eigenvalue weighted by Crippen LogP contribution is -1.87. The Labute approximate surface area is 80.7 Å². The number of hydrogen-bond acceptors (Lipinski definition) is 2. The highest BCUT2D eigenvalue weighted by Gasteiger charge is 1.96. The monoisotopic (exact) mass is 192 g/mol. The molecule has 0 saturated heterocycles. The highest BCUT2D eigenvalue weighted by atomic mass is 19.1. The number of azide groups is 1. The molecular weight excluding hydrogens is 183 g/mol. The predicted octanol–water partition coefficient (Wildman–Crippen LogP) is 2.85. The van der Waals surface area contributed by atoms with E-state index in [0.29, 0.717) is 0 Å². The topological polar surface area (TPSA) is 61.7 Å². The molecule has 1 heterocycles. The minimum absolute atomic E-state index is 0.285. The van der Waals surface area contributed by atoms with Crippen LogP contribution in [0.4, 0.5) is 4.39 Å². The summed E-state index contributed by atoms with van der Waals surface area (Å²) in [6.45, 7) is 2.07. The summed E-state index contributed by atoms with van der Waals surface area (Å²) < 4.78 is 12.6. The van der Waals surface area contributed by atoms with E-state index in [0.717, 1.165) is 11.1 Å². The minimum Gasteiger partial charge on any atom is -0.228 e. The van der Waals surface area contributed by atoms with Crippen LogP contribution in [0.2, 0.25) is 0 Å². The molecule has 0 aromatic carbocycles. The average molecular weight is 192 g/mol. The molecule has 0 atom stereocenters. The molecule has 0 unspecified atom stereocenters. The first-order chi connectivity index (χ1) is 6.74. The molecular formula is C9H9FN4. The molecule has 0 aliphatic rings. The van der Waals surface area contributed by atoms with Gasteiger partial charge < -0.3 is 0 Å². The molecule has 1 aromatic rings. The maximum atomic E-state index is 12.6. The fraction of sp³-hybridized carbons (Fsp3) is 0.222. The van der Waals surface area contributed by atoms with E-state index in [1.807, 2.05) is 0 Å². The summed E-state index contributed by atoms with van der Waals surface area (Å²) >= 11 is 0. The number of aryl methyl sites for hydroxylation is 1. The second-order valence-electron chi connectivity index (χ2n) is 2.68. The summed E-state index contributed by atoms with van der Waals surface area (Å²) in [6.07, 6.45) is 4.88. The third-order valence-corrected chi connectivity index (χ3v) is 1.67. The maximum absolute atomic E-state index is 12.6. The highest BCUT2D eigenvalue weighted by molar-refractivity contribution is 5.52. The van der Waals surface area contributed by atoms with Crippen LogP contribution in [-0.2, 0) is 0 Å². The number of halogens is 1. The molecule has 0 aliphatic heterocycles. The summed E-state index contributed by atoms with van der Waals surface area (Å²) in [5, 5.41) is 3.33. The van der Waals surface area contributed by atoms with Crippen molar-refractivity contribution in [3.8, 4) is 0 Å². The smallest absolute Gasteiger partial charge is 0.213 e. The predicted molar refractivity (Wildman–Crippen MR) is 52.0 cm³/mol. The van der Waals surface area contributed by atoms with Crippen LogP contribution in [0.15, 0.2) is 23.5 Å². The lowest BCUT2D eigenvalue weighted by molar-refractivity contribution is 0.582. The van der Waals surface area contributed by atoms with E-state index in [-0.39, 0.29) is 6.54 Å². The highest BCUT2D eigenvalue weighted by Crippen LogP contribution is 2.08. The Morgan fingerprint density at radius 1 is 1.71 bits per heavy atom.